The highest BCUT2D eigenvalue weighted by Crippen LogP contribution is 2.26. The van der Waals surface area contributed by atoms with E-state index in [1.54, 1.807) is 23.9 Å². The average Bonchev–Trinajstić information content (AvgIpc) is 2.90. The first-order chi connectivity index (χ1) is 17.6. The summed E-state index contributed by atoms with van der Waals surface area (Å²) in [5.41, 5.74) is 3.62. The molecule has 0 amide bonds. The first kappa shape index (κ1) is 28.5. The van der Waals surface area contributed by atoms with Crippen molar-refractivity contribution in [2.45, 2.75) is 30.5 Å². The van der Waals surface area contributed by atoms with Gasteiger partial charge in [0.1, 0.15) is 11.6 Å². The minimum atomic E-state index is -5.08. The molecule has 0 saturated carbocycles. The molecule has 0 unspecified atom stereocenters. The second kappa shape index (κ2) is 13.5. The van der Waals surface area contributed by atoms with Crippen molar-refractivity contribution in [3.8, 4) is 16.9 Å². The molecule has 1 N–H and O–H groups in total. The molecule has 0 atom stereocenters. The normalized spacial score (nSPS) is 14.5. The Morgan fingerprint density at radius 3 is 1.95 bits per heavy atom. The molecule has 198 valence electrons. The van der Waals surface area contributed by atoms with Crippen LogP contribution in [0.25, 0.3) is 11.1 Å². The molecule has 1 fully saturated rings. The van der Waals surface area contributed by atoms with Gasteiger partial charge in [0.2, 0.25) is 0 Å². The third kappa shape index (κ3) is 9.40. The third-order valence-electron chi connectivity index (χ3n) is 6.03. The van der Waals surface area contributed by atoms with E-state index >= 15 is 0 Å². The number of halogens is 4. The number of thioether (sulfide) groups is 1. The van der Waals surface area contributed by atoms with E-state index in [2.05, 4.69) is 59.7 Å². The zero-order valence-corrected chi connectivity index (χ0v) is 21.2. The van der Waals surface area contributed by atoms with Crippen LogP contribution in [-0.4, -0.2) is 48.1 Å². The summed E-state index contributed by atoms with van der Waals surface area (Å²) >= 11 is 1.76. The van der Waals surface area contributed by atoms with Crippen LogP contribution in [0.3, 0.4) is 0 Å². The molecule has 0 radical (unpaired) electrons. The molecule has 1 saturated heterocycles. The minimum absolute atomic E-state index is 0.170. The zero-order chi connectivity index (χ0) is 26.8. The number of nitrogens with zero attached hydrogens (tertiary/aromatic N) is 1. The molecule has 9 heteroatoms. The van der Waals surface area contributed by atoms with Gasteiger partial charge in [-0.1, -0.05) is 36.4 Å². The van der Waals surface area contributed by atoms with E-state index in [0.717, 1.165) is 44.8 Å². The summed E-state index contributed by atoms with van der Waals surface area (Å²) in [6.45, 7) is 3.80. The molecular formula is C28H29F4NO3S. The summed E-state index contributed by atoms with van der Waals surface area (Å²) in [5, 5.41) is 7.12. The van der Waals surface area contributed by atoms with Gasteiger partial charge in [-0.05, 0) is 91.2 Å². The van der Waals surface area contributed by atoms with Crippen LogP contribution >= 0.6 is 11.8 Å². The lowest BCUT2D eigenvalue weighted by molar-refractivity contribution is -0.192. The number of ether oxygens (including phenoxy) is 1. The number of benzene rings is 3. The van der Waals surface area contributed by atoms with E-state index < -0.39 is 12.1 Å². The molecule has 3 aromatic rings. The van der Waals surface area contributed by atoms with Crippen molar-refractivity contribution in [3.05, 3.63) is 84.2 Å². The molecule has 3 aromatic carbocycles. The summed E-state index contributed by atoms with van der Waals surface area (Å²) in [6, 6.07) is 23.9. The highest BCUT2D eigenvalue weighted by Gasteiger charge is 2.38. The second-order valence-electron chi connectivity index (χ2n) is 8.71. The molecular weight excluding hydrogens is 506 g/mol. The van der Waals surface area contributed by atoms with Crippen molar-refractivity contribution < 1.29 is 32.2 Å². The molecule has 4 rings (SSSR count). The number of carboxylic acid groups (broad SMARTS) is 1. The largest absolute Gasteiger partial charge is 0.493 e. The molecule has 0 aromatic heterocycles. The van der Waals surface area contributed by atoms with Crippen LogP contribution in [0.4, 0.5) is 17.6 Å². The van der Waals surface area contributed by atoms with Gasteiger partial charge < -0.3 is 9.84 Å². The van der Waals surface area contributed by atoms with Crippen LogP contribution < -0.4 is 4.74 Å². The first-order valence-electron chi connectivity index (χ1n) is 11.8. The quantitative estimate of drug-likeness (QED) is 0.257. The number of aliphatic carboxylic acids is 1. The lowest BCUT2D eigenvalue weighted by Gasteiger charge is -2.31. The Balaban J connectivity index is 0.000000479. The fourth-order valence-electron chi connectivity index (χ4n) is 3.90. The van der Waals surface area contributed by atoms with Crippen molar-refractivity contribution in [1.29, 1.82) is 0 Å². The van der Waals surface area contributed by atoms with E-state index in [4.69, 9.17) is 14.6 Å². The van der Waals surface area contributed by atoms with Gasteiger partial charge in [-0.25, -0.2) is 9.18 Å². The van der Waals surface area contributed by atoms with Crippen molar-refractivity contribution in [3.63, 3.8) is 0 Å². The molecule has 1 aliphatic heterocycles. The molecule has 1 heterocycles. The third-order valence-corrected chi connectivity index (χ3v) is 6.78. The van der Waals surface area contributed by atoms with Crippen LogP contribution in [0.1, 0.15) is 18.4 Å². The zero-order valence-electron chi connectivity index (χ0n) is 20.4. The van der Waals surface area contributed by atoms with Gasteiger partial charge in [0, 0.05) is 11.4 Å². The molecule has 0 bridgehead atoms. The molecule has 1 aliphatic rings. The maximum Gasteiger partial charge on any atom is 0.490 e. The number of hydrogen-bond acceptors (Lipinski definition) is 4. The highest BCUT2D eigenvalue weighted by molar-refractivity contribution is 7.98. The first-order valence-corrected chi connectivity index (χ1v) is 13.0. The van der Waals surface area contributed by atoms with E-state index in [9.17, 15) is 17.6 Å². The molecule has 4 nitrogen and oxygen atoms in total. The average molecular weight is 536 g/mol. The summed E-state index contributed by atoms with van der Waals surface area (Å²) in [4.78, 5) is 12.6. The van der Waals surface area contributed by atoms with Gasteiger partial charge in [0.25, 0.3) is 0 Å². The fraction of sp³-hybridized carbons (Fsp3) is 0.321. The van der Waals surface area contributed by atoms with Gasteiger partial charge in [-0.15, -0.1) is 11.8 Å². The Labute approximate surface area is 218 Å². The monoisotopic (exact) mass is 535 g/mol. The lowest BCUT2D eigenvalue weighted by Crippen LogP contribution is -2.35. The van der Waals surface area contributed by atoms with Crippen molar-refractivity contribution in [1.82, 2.24) is 4.90 Å². The van der Waals surface area contributed by atoms with Crippen LogP contribution in [0.2, 0.25) is 0 Å². The van der Waals surface area contributed by atoms with Gasteiger partial charge in [-0.3, -0.25) is 4.90 Å². The maximum atomic E-state index is 13.0. The smallest absolute Gasteiger partial charge is 0.490 e. The van der Waals surface area contributed by atoms with Crippen LogP contribution in [-0.2, 0) is 11.3 Å². The second-order valence-corrected chi connectivity index (χ2v) is 9.59. The summed E-state index contributed by atoms with van der Waals surface area (Å²) in [6.07, 6.45) is -0.710. The van der Waals surface area contributed by atoms with E-state index in [-0.39, 0.29) is 5.82 Å². The fourth-order valence-corrected chi connectivity index (χ4v) is 4.31. The summed E-state index contributed by atoms with van der Waals surface area (Å²) in [5.74, 6) is -1.40. The van der Waals surface area contributed by atoms with Gasteiger partial charge >= 0.3 is 12.1 Å². The number of hydrogen-bond donors (Lipinski definition) is 1. The Morgan fingerprint density at radius 2 is 1.46 bits per heavy atom. The van der Waals surface area contributed by atoms with Crippen LogP contribution in [0.15, 0.2) is 77.7 Å². The predicted molar refractivity (Wildman–Crippen MR) is 137 cm³/mol. The topological polar surface area (TPSA) is 49.8 Å². The molecule has 0 spiro atoms. The van der Waals surface area contributed by atoms with Gasteiger partial charge in [0.15, 0.2) is 0 Å². The molecule has 37 heavy (non-hydrogen) atoms. The Morgan fingerprint density at radius 1 is 0.946 bits per heavy atom. The number of rotatable bonds is 7. The predicted octanol–water partition coefficient (Wildman–Crippen LogP) is 7.14. The van der Waals surface area contributed by atoms with Crippen molar-refractivity contribution >= 4 is 17.7 Å². The van der Waals surface area contributed by atoms with E-state index in [1.165, 1.54) is 21.6 Å². The number of likely N-dealkylation sites (tertiary alicyclic amines) is 1. The van der Waals surface area contributed by atoms with Gasteiger partial charge in [0.05, 0.1) is 6.61 Å². The van der Waals surface area contributed by atoms with Crippen molar-refractivity contribution in [2.24, 2.45) is 5.92 Å². The number of carboxylic acids is 1. The van der Waals surface area contributed by atoms with Crippen LogP contribution in [0, 0.1) is 11.7 Å². The summed E-state index contributed by atoms with van der Waals surface area (Å²) in [7, 11) is 0. The Kier molecular flexibility index (Phi) is 10.4. The lowest BCUT2D eigenvalue weighted by atomic mass is 9.97. The van der Waals surface area contributed by atoms with Crippen molar-refractivity contribution in [2.75, 3.05) is 26.0 Å². The number of carbonyl (C=O) groups is 1. The van der Waals surface area contributed by atoms with E-state index in [1.807, 2.05) is 12.1 Å². The highest BCUT2D eigenvalue weighted by atomic mass is 32.2. The van der Waals surface area contributed by atoms with Gasteiger partial charge in [-0.2, -0.15) is 13.2 Å². The molecule has 0 aliphatic carbocycles. The van der Waals surface area contributed by atoms with E-state index in [0.29, 0.717) is 5.92 Å². The van der Waals surface area contributed by atoms with Crippen LogP contribution in [0.5, 0.6) is 5.75 Å². The number of piperidine rings is 1. The minimum Gasteiger partial charge on any atom is -0.493 e. The SMILES string of the molecule is CSc1ccc(-c2ccc(OCC3CCN(Cc4ccc(F)cc4)CC3)cc2)cc1.O=C(O)C(F)(F)F. The summed E-state index contributed by atoms with van der Waals surface area (Å²) < 4.78 is 50.9. The number of alkyl halides is 3. The Bertz CT molecular complexity index is 1110. The standard InChI is InChI=1S/C26H28FNOS.C2HF3O2/c1-30-26-12-6-23(7-13-26)22-4-10-25(11-5-22)29-19-21-14-16-28(17-15-21)18-20-2-8-24(27)9-3-20;3-2(4,5)1(6)7/h2-13,21H,14-19H2,1H3;(H,6,7). The Hall–Kier alpha value is -3.04. The maximum absolute atomic E-state index is 13.0.